The van der Waals surface area contributed by atoms with Crippen LogP contribution in [0.2, 0.25) is 0 Å². The van der Waals surface area contributed by atoms with E-state index in [1.54, 1.807) is 0 Å². The Labute approximate surface area is 87.3 Å². The molecule has 0 bridgehead atoms. The second kappa shape index (κ2) is 3.38. The number of methoxy groups -OCH3 is 1. The molecule has 1 N–H and O–H groups in total. The van der Waals surface area contributed by atoms with Gasteiger partial charge in [-0.1, -0.05) is 0 Å². The van der Waals surface area contributed by atoms with Crippen LogP contribution >= 0.6 is 15.9 Å². The lowest BCUT2D eigenvalue weighted by atomic mass is 10.4. The molecule has 0 amide bonds. The van der Waals surface area contributed by atoms with Gasteiger partial charge in [0.25, 0.3) is 5.56 Å². The van der Waals surface area contributed by atoms with E-state index in [2.05, 4.69) is 30.9 Å². The van der Waals surface area contributed by atoms with Crippen molar-refractivity contribution < 1.29 is 4.74 Å². The van der Waals surface area contributed by atoms with E-state index in [0.717, 1.165) is 0 Å². The number of hydrogen-bond acceptors (Lipinski definition) is 4. The molecular weight excluding hydrogens is 250 g/mol. The average molecular weight is 256 g/mol. The summed E-state index contributed by atoms with van der Waals surface area (Å²) in [7, 11) is 1.51. The number of H-pyrrole nitrogens is 1. The van der Waals surface area contributed by atoms with Crippen LogP contribution in [0.3, 0.4) is 0 Å². The molecule has 0 aliphatic heterocycles. The maximum absolute atomic E-state index is 11.0. The van der Waals surface area contributed by atoms with Crippen molar-refractivity contribution >= 4 is 27.0 Å². The molecule has 2 rings (SSSR count). The molecule has 0 aliphatic carbocycles. The number of halogens is 1. The molecule has 0 aliphatic rings. The van der Waals surface area contributed by atoms with Crippen LogP contribution in [0.1, 0.15) is 0 Å². The number of aromatic amines is 1. The van der Waals surface area contributed by atoms with Crippen LogP contribution in [0.4, 0.5) is 0 Å². The Morgan fingerprint density at radius 1 is 1.43 bits per heavy atom. The fourth-order valence-electron chi connectivity index (χ4n) is 1.10. The fourth-order valence-corrected chi connectivity index (χ4v) is 1.67. The van der Waals surface area contributed by atoms with Gasteiger partial charge >= 0.3 is 0 Å². The summed E-state index contributed by atoms with van der Waals surface area (Å²) in [5, 5.41) is 0. The van der Waals surface area contributed by atoms with Gasteiger partial charge in [-0.2, -0.15) is 0 Å². The summed E-state index contributed by atoms with van der Waals surface area (Å²) in [6, 6.07) is 0. The van der Waals surface area contributed by atoms with Crippen LogP contribution in [0.5, 0.6) is 5.88 Å². The lowest BCUT2D eigenvalue weighted by Crippen LogP contribution is -2.06. The Morgan fingerprint density at radius 2 is 2.21 bits per heavy atom. The number of pyridine rings is 1. The number of nitrogens with one attached hydrogen (secondary N) is 1. The van der Waals surface area contributed by atoms with Gasteiger partial charge in [0.05, 0.1) is 25.0 Å². The van der Waals surface area contributed by atoms with Crippen LogP contribution in [0, 0.1) is 0 Å². The van der Waals surface area contributed by atoms with E-state index in [9.17, 15) is 4.79 Å². The quantitative estimate of drug-likeness (QED) is 0.829. The summed E-state index contributed by atoms with van der Waals surface area (Å²) in [5.74, 6) is 0.418. The number of rotatable bonds is 1. The van der Waals surface area contributed by atoms with Gasteiger partial charge in [-0.15, -0.1) is 0 Å². The Bertz CT molecular complexity index is 538. The van der Waals surface area contributed by atoms with Gasteiger partial charge in [0, 0.05) is 0 Å². The SMILES string of the molecule is COc1ncc2ncc(=O)[nH]c2c1Br. The van der Waals surface area contributed by atoms with E-state index >= 15 is 0 Å². The minimum absolute atomic E-state index is 0.258. The summed E-state index contributed by atoms with van der Waals surface area (Å²) < 4.78 is 5.58. The van der Waals surface area contributed by atoms with Gasteiger partial charge in [0.15, 0.2) is 0 Å². The summed E-state index contributed by atoms with van der Waals surface area (Å²) in [6.07, 6.45) is 2.75. The van der Waals surface area contributed by atoms with Crippen molar-refractivity contribution in [3.05, 3.63) is 27.2 Å². The molecule has 0 spiro atoms. The predicted octanol–water partition coefficient (Wildman–Crippen LogP) is 1.09. The topological polar surface area (TPSA) is 67.9 Å². The van der Waals surface area contributed by atoms with Crippen molar-refractivity contribution in [1.82, 2.24) is 15.0 Å². The summed E-state index contributed by atoms with van der Waals surface area (Å²) in [6.45, 7) is 0. The molecule has 0 atom stereocenters. The first kappa shape index (κ1) is 9.14. The number of ether oxygens (including phenoxy) is 1. The Kier molecular flexibility index (Phi) is 2.20. The number of fused-ring (bicyclic) bond motifs is 1. The molecule has 2 aromatic rings. The number of hydrogen-bond donors (Lipinski definition) is 1. The normalized spacial score (nSPS) is 10.4. The van der Waals surface area contributed by atoms with Gasteiger partial charge < -0.3 is 9.72 Å². The van der Waals surface area contributed by atoms with Crippen LogP contribution in [0.15, 0.2) is 21.7 Å². The zero-order chi connectivity index (χ0) is 10.1. The third-order valence-corrected chi connectivity index (χ3v) is 2.47. The summed E-state index contributed by atoms with van der Waals surface area (Å²) in [5.41, 5.74) is 0.938. The van der Waals surface area contributed by atoms with E-state index < -0.39 is 0 Å². The highest BCUT2D eigenvalue weighted by molar-refractivity contribution is 9.10. The molecular formula is C8H6BrN3O2. The zero-order valence-corrected chi connectivity index (χ0v) is 8.83. The highest BCUT2D eigenvalue weighted by atomic mass is 79.9. The maximum Gasteiger partial charge on any atom is 0.266 e. The molecule has 2 heterocycles. The van der Waals surface area contributed by atoms with Crippen molar-refractivity contribution in [2.24, 2.45) is 0 Å². The summed E-state index contributed by atoms with van der Waals surface area (Å²) in [4.78, 5) is 21.6. The largest absolute Gasteiger partial charge is 0.480 e. The first-order valence-corrected chi connectivity index (χ1v) is 4.59. The van der Waals surface area contributed by atoms with Crippen LogP contribution in [0.25, 0.3) is 11.0 Å². The van der Waals surface area contributed by atoms with E-state index in [4.69, 9.17) is 4.74 Å². The van der Waals surface area contributed by atoms with Gasteiger partial charge in [-0.25, -0.2) is 9.97 Å². The van der Waals surface area contributed by atoms with Crippen molar-refractivity contribution in [3.8, 4) is 5.88 Å². The Morgan fingerprint density at radius 3 is 2.93 bits per heavy atom. The average Bonchev–Trinajstić information content (AvgIpc) is 2.20. The third kappa shape index (κ3) is 1.37. The van der Waals surface area contributed by atoms with E-state index in [-0.39, 0.29) is 5.56 Å². The lowest BCUT2D eigenvalue weighted by Gasteiger charge is -2.03. The van der Waals surface area contributed by atoms with E-state index in [0.29, 0.717) is 21.4 Å². The highest BCUT2D eigenvalue weighted by Crippen LogP contribution is 2.27. The van der Waals surface area contributed by atoms with Crippen molar-refractivity contribution in [3.63, 3.8) is 0 Å². The predicted molar refractivity (Wildman–Crippen MR) is 54.4 cm³/mol. The fraction of sp³-hybridized carbons (Fsp3) is 0.125. The van der Waals surface area contributed by atoms with Crippen molar-refractivity contribution in [2.75, 3.05) is 7.11 Å². The van der Waals surface area contributed by atoms with Crippen LogP contribution < -0.4 is 10.3 Å². The Hall–Kier alpha value is -1.43. The molecule has 0 radical (unpaired) electrons. The third-order valence-electron chi connectivity index (χ3n) is 1.73. The standard InChI is InChI=1S/C8H6BrN3O2/c1-14-8-6(9)7-4(2-11-8)10-3-5(13)12-7/h2-3H,1H3,(H,12,13). The summed E-state index contributed by atoms with van der Waals surface area (Å²) >= 11 is 3.28. The number of nitrogens with zero attached hydrogens (tertiary/aromatic N) is 2. The molecule has 72 valence electrons. The minimum Gasteiger partial charge on any atom is -0.480 e. The molecule has 5 nitrogen and oxygen atoms in total. The molecule has 2 aromatic heterocycles. The van der Waals surface area contributed by atoms with Gasteiger partial charge in [-0.05, 0) is 15.9 Å². The molecule has 6 heteroatoms. The zero-order valence-electron chi connectivity index (χ0n) is 7.24. The first-order valence-electron chi connectivity index (χ1n) is 3.80. The second-order valence-electron chi connectivity index (χ2n) is 2.59. The monoisotopic (exact) mass is 255 g/mol. The molecule has 0 unspecified atom stereocenters. The van der Waals surface area contributed by atoms with Gasteiger partial charge in [0.2, 0.25) is 5.88 Å². The van der Waals surface area contributed by atoms with Crippen LogP contribution in [-0.4, -0.2) is 22.1 Å². The minimum atomic E-state index is -0.258. The van der Waals surface area contributed by atoms with E-state index in [1.165, 1.54) is 19.5 Å². The smallest absolute Gasteiger partial charge is 0.266 e. The maximum atomic E-state index is 11.0. The van der Waals surface area contributed by atoms with Crippen LogP contribution in [-0.2, 0) is 0 Å². The van der Waals surface area contributed by atoms with E-state index in [1.807, 2.05) is 0 Å². The first-order chi connectivity index (χ1) is 6.72. The highest BCUT2D eigenvalue weighted by Gasteiger charge is 2.07. The molecule has 14 heavy (non-hydrogen) atoms. The molecule has 0 fully saturated rings. The molecule has 0 aromatic carbocycles. The lowest BCUT2D eigenvalue weighted by molar-refractivity contribution is 0.396. The molecule has 0 saturated carbocycles. The number of aromatic nitrogens is 3. The second-order valence-corrected chi connectivity index (χ2v) is 3.38. The molecule has 0 saturated heterocycles. The Balaban J connectivity index is 2.86. The van der Waals surface area contributed by atoms with Gasteiger partial charge in [0.1, 0.15) is 9.99 Å². The van der Waals surface area contributed by atoms with Crippen molar-refractivity contribution in [1.29, 1.82) is 0 Å². The van der Waals surface area contributed by atoms with Gasteiger partial charge in [-0.3, -0.25) is 4.79 Å². The van der Waals surface area contributed by atoms with Crippen molar-refractivity contribution in [2.45, 2.75) is 0 Å².